The summed E-state index contributed by atoms with van der Waals surface area (Å²) >= 11 is 0. The van der Waals surface area contributed by atoms with Crippen LogP contribution in [-0.2, 0) is 21.7 Å². The van der Waals surface area contributed by atoms with E-state index in [4.69, 9.17) is 0 Å². The van der Waals surface area contributed by atoms with E-state index in [2.05, 4.69) is 52.9 Å². The Morgan fingerprint density at radius 3 is 1.25 bits per heavy atom. The van der Waals surface area contributed by atoms with Gasteiger partial charge in [0.1, 0.15) is 0 Å². The molecule has 0 aromatic rings. The first-order valence-electron chi connectivity index (χ1n) is 6.41. The van der Waals surface area contributed by atoms with Crippen LogP contribution in [0, 0.1) is 12.2 Å². The van der Waals surface area contributed by atoms with Crippen LogP contribution in [0.5, 0.6) is 0 Å². The molecule has 0 aromatic heterocycles. The molecule has 0 heterocycles. The molecular formula is C16H22Cl2SiTi. The molecule has 0 saturated heterocycles. The predicted octanol–water partition coefficient (Wildman–Crippen LogP) is -1.28. The zero-order valence-electron chi connectivity index (χ0n) is 13.2. The molecule has 0 aromatic carbocycles. The van der Waals surface area contributed by atoms with Crippen LogP contribution in [0.15, 0.2) is 32.7 Å². The maximum Gasteiger partial charge on any atom is 4.00 e. The molecule has 0 bridgehead atoms. The molecule has 0 N–H and O–H groups in total. The van der Waals surface area contributed by atoms with Crippen LogP contribution in [0.3, 0.4) is 0 Å². The van der Waals surface area contributed by atoms with Crippen molar-refractivity contribution in [2.45, 2.75) is 53.6 Å². The number of halogens is 2. The largest absolute Gasteiger partial charge is 4.00 e. The molecule has 0 nitrogen and oxygen atoms in total. The third-order valence-corrected chi connectivity index (χ3v) is 8.19. The fourth-order valence-electron chi connectivity index (χ4n) is 3.65. The summed E-state index contributed by atoms with van der Waals surface area (Å²) in [7, 11) is -1.53. The number of hydrogen-bond donors (Lipinski definition) is 0. The summed E-state index contributed by atoms with van der Waals surface area (Å²) in [6.45, 7) is 14.0. The third-order valence-electron chi connectivity index (χ3n) is 4.09. The molecule has 0 spiro atoms. The Labute approximate surface area is 152 Å². The van der Waals surface area contributed by atoms with Crippen molar-refractivity contribution in [1.29, 1.82) is 0 Å². The molecule has 0 fully saturated rings. The molecule has 0 aliphatic heterocycles. The van der Waals surface area contributed by atoms with Gasteiger partial charge in [0.2, 0.25) is 0 Å². The van der Waals surface area contributed by atoms with E-state index in [1.807, 2.05) is 0 Å². The smallest absolute Gasteiger partial charge is 1.00 e. The van der Waals surface area contributed by atoms with E-state index in [0.29, 0.717) is 0 Å². The van der Waals surface area contributed by atoms with E-state index in [1.54, 1.807) is 21.5 Å². The summed E-state index contributed by atoms with van der Waals surface area (Å²) < 4.78 is 0. The van der Waals surface area contributed by atoms with E-state index in [0.717, 1.165) is 12.8 Å². The maximum atomic E-state index is 3.50. The van der Waals surface area contributed by atoms with Crippen molar-refractivity contribution in [2.75, 3.05) is 0 Å². The molecule has 0 amide bonds. The summed E-state index contributed by atoms with van der Waals surface area (Å²) in [4.78, 5) is 0. The zero-order chi connectivity index (χ0) is 12.8. The average molecular weight is 361 g/mol. The van der Waals surface area contributed by atoms with E-state index in [1.165, 1.54) is 11.1 Å². The van der Waals surface area contributed by atoms with Crippen LogP contribution in [0.2, 0.25) is 13.1 Å². The second kappa shape index (κ2) is 8.20. The minimum absolute atomic E-state index is 0. The van der Waals surface area contributed by atoms with Gasteiger partial charge in [-0.1, -0.05) is 48.9 Å². The minimum atomic E-state index is -1.53. The Morgan fingerprint density at radius 2 is 1.05 bits per heavy atom. The van der Waals surface area contributed by atoms with Crippen LogP contribution in [0.25, 0.3) is 0 Å². The third kappa shape index (κ3) is 3.81. The van der Waals surface area contributed by atoms with Gasteiger partial charge in [-0.15, -0.1) is 12.8 Å². The van der Waals surface area contributed by atoms with Gasteiger partial charge in [-0.25, -0.2) is 21.5 Å². The van der Waals surface area contributed by atoms with Crippen LogP contribution in [0.1, 0.15) is 40.5 Å². The van der Waals surface area contributed by atoms with E-state index >= 15 is 0 Å². The van der Waals surface area contributed by atoms with Gasteiger partial charge in [-0.2, -0.15) is 11.1 Å². The second-order valence-electron chi connectivity index (χ2n) is 5.89. The van der Waals surface area contributed by atoms with Crippen LogP contribution >= 0.6 is 0 Å². The molecule has 0 radical (unpaired) electrons. The van der Waals surface area contributed by atoms with Gasteiger partial charge in [0.25, 0.3) is 0 Å². The first-order valence-corrected chi connectivity index (χ1v) is 9.41. The van der Waals surface area contributed by atoms with Gasteiger partial charge in [-0.3, -0.25) is 12.2 Å². The Morgan fingerprint density at radius 1 is 0.750 bits per heavy atom. The SMILES string of the molecule is CC1=[C-]CC(C)=C1[Si](C)(C)C1=C(C)C[C-]=C1C.[Cl-].[Cl-].[Ti+4]. The van der Waals surface area contributed by atoms with Gasteiger partial charge in [0, 0.05) is 0 Å². The topological polar surface area (TPSA) is 0 Å². The molecule has 2 aliphatic rings. The summed E-state index contributed by atoms with van der Waals surface area (Å²) in [6.07, 6.45) is 9.08. The average Bonchev–Trinajstić information content (AvgIpc) is 2.71. The minimum Gasteiger partial charge on any atom is -1.00 e. The van der Waals surface area contributed by atoms with Crippen molar-refractivity contribution in [3.63, 3.8) is 0 Å². The molecule has 4 heteroatoms. The van der Waals surface area contributed by atoms with Crippen molar-refractivity contribution in [3.8, 4) is 0 Å². The van der Waals surface area contributed by atoms with Crippen molar-refractivity contribution < 1.29 is 46.5 Å². The van der Waals surface area contributed by atoms with Crippen LogP contribution in [-0.4, -0.2) is 8.07 Å². The fraction of sp³-hybridized carbons (Fsp3) is 0.500. The van der Waals surface area contributed by atoms with Crippen molar-refractivity contribution in [3.05, 3.63) is 44.8 Å². The molecule has 0 unspecified atom stereocenters. The standard InChI is InChI=1S/C16H22Si.2ClH.Ti/c1-11-7-8-12(2)15(11)17(5,6)16-13(3)9-10-14(16)4;;;/h7,9H2,1-6H3;2*1H;/q-2;;;+4/p-2. The van der Waals surface area contributed by atoms with Crippen molar-refractivity contribution in [1.82, 2.24) is 0 Å². The van der Waals surface area contributed by atoms with Gasteiger partial charge in [-0.05, 0) is 0 Å². The van der Waals surface area contributed by atoms with Crippen molar-refractivity contribution >= 4 is 8.07 Å². The fourth-order valence-corrected chi connectivity index (χ4v) is 8.27. The van der Waals surface area contributed by atoms with E-state index < -0.39 is 8.07 Å². The Bertz CT molecular complexity index is 453. The Kier molecular flexibility index (Phi) is 9.32. The first-order chi connectivity index (χ1) is 7.85. The van der Waals surface area contributed by atoms with Crippen molar-refractivity contribution in [2.24, 2.45) is 0 Å². The quantitative estimate of drug-likeness (QED) is 0.425. The molecular weight excluding hydrogens is 339 g/mol. The summed E-state index contributed by atoms with van der Waals surface area (Å²) in [6, 6.07) is 0. The van der Waals surface area contributed by atoms with E-state index in [9.17, 15) is 0 Å². The molecule has 2 aliphatic carbocycles. The molecule has 20 heavy (non-hydrogen) atoms. The van der Waals surface area contributed by atoms with Crippen LogP contribution in [0.4, 0.5) is 0 Å². The Balaban J connectivity index is 0. The molecule has 108 valence electrons. The molecule has 2 rings (SSSR count). The number of hydrogen-bond acceptors (Lipinski definition) is 0. The van der Waals surface area contributed by atoms with Gasteiger partial charge in [0.15, 0.2) is 0 Å². The van der Waals surface area contributed by atoms with Crippen LogP contribution < -0.4 is 24.8 Å². The molecule has 0 saturated carbocycles. The number of rotatable bonds is 2. The summed E-state index contributed by atoms with van der Waals surface area (Å²) in [5, 5.41) is 3.27. The van der Waals surface area contributed by atoms with Gasteiger partial charge in [0.05, 0.1) is 0 Å². The molecule has 0 atom stereocenters. The first kappa shape index (κ1) is 22.7. The second-order valence-corrected chi connectivity index (χ2v) is 10.1. The summed E-state index contributed by atoms with van der Waals surface area (Å²) in [5.41, 5.74) is 5.89. The predicted molar refractivity (Wildman–Crippen MR) is 77.0 cm³/mol. The summed E-state index contributed by atoms with van der Waals surface area (Å²) in [5.74, 6) is 0. The zero-order valence-corrected chi connectivity index (χ0v) is 17.2. The van der Waals surface area contributed by atoms with Gasteiger partial charge >= 0.3 is 21.7 Å². The normalized spacial score (nSPS) is 18.1. The van der Waals surface area contributed by atoms with E-state index in [-0.39, 0.29) is 46.5 Å². The van der Waals surface area contributed by atoms with Gasteiger partial charge < -0.3 is 24.8 Å². The monoisotopic (exact) mass is 360 g/mol. The maximum absolute atomic E-state index is 3.50. The number of allylic oxidation sites excluding steroid dienone is 8. The Hall–Kier alpha value is 0.471.